The number of hydrogen-bond acceptors (Lipinski definition) is 1. The summed E-state index contributed by atoms with van der Waals surface area (Å²) in [6.07, 6.45) is 0. The van der Waals surface area contributed by atoms with Gasteiger partial charge in [0, 0.05) is 5.56 Å². The first-order valence-electron chi connectivity index (χ1n) is 8.39. The maximum Gasteiger partial charge on any atom is 0.163 e. The van der Waals surface area contributed by atoms with Crippen LogP contribution in [0.25, 0.3) is 0 Å². The van der Waals surface area contributed by atoms with Gasteiger partial charge in [0.05, 0.1) is 0 Å². The molecule has 3 rings (SSSR count). The molecule has 0 heterocycles. The lowest BCUT2D eigenvalue weighted by atomic mass is 9.86. The van der Waals surface area contributed by atoms with Gasteiger partial charge in [-0.05, 0) is 18.1 Å². The molecule has 0 amide bonds. The normalized spacial score (nSPS) is 13.4. The van der Waals surface area contributed by atoms with E-state index in [9.17, 15) is 5.11 Å². The van der Waals surface area contributed by atoms with E-state index in [-0.39, 0.29) is 0 Å². The number of nitrogens with two attached hydrogens (primary N) is 1. The average Bonchev–Trinajstić information content (AvgIpc) is 2.64. The van der Waals surface area contributed by atoms with E-state index in [1.165, 1.54) is 11.1 Å². The second-order valence-electron chi connectivity index (χ2n) is 6.27. The Morgan fingerprint density at radius 2 is 1.29 bits per heavy atom. The third kappa shape index (κ3) is 3.73. The van der Waals surface area contributed by atoms with Gasteiger partial charge in [0.1, 0.15) is 13.1 Å². The van der Waals surface area contributed by atoms with Gasteiger partial charge in [-0.25, -0.2) is 0 Å². The van der Waals surface area contributed by atoms with Gasteiger partial charge in [0.15, 0.2) is 5.60 Å². The second-order valence-corrected chi connectivity index (χ2v) is 6.27. The van der Waals surface area contributed by atoms with Crippen molar-refractivity contribution in [2.24, 2.45) is 0 Å². The SMILES string of the molecule is Cc1ccc([C@@](O)(C[NH2+]Cc2ccccc2)c2ccccc2)cc1. The van der Waals surface area contributed by atoms with Crippen LogP contribution < -0.4 is 5.32 Å². The third-order valence-corrected chi connectivity index (χ3v) is 4.44. The predicted octanol–water partition coefficient (Wildman–Crippen LogP) is 2.99. The van der Waals surface area contributed by atoms with Crippen LogP contribution in [0.2, 0.25) is 0 Å². The van der Waals surface area contributed by atoms with Gasteiger partial charge in [-0.1, -0.05) is 90.5 Å². The van der Waals surface area contributed by atoms with Crippen LogP contribution in [0.15, 0.2) is 84.9 Å². The Morgan fingerprint density at radius 1 is 0.750 bits per heavy atom. The van der Waals surface area contributed by atoms with Crippen molar-refractivity contribution in [2.45, 2.75) is 19.1 Å². The van der Waals surface area contributed by atoms with Crippen LogP contribution in [0.3, 0.4) is 0 Å². The van der Waals surface area contributed by atoms with E-state index in [1.54, 1.807) is 0 Å². The first-order valence-corrected chi connectivity index (χ1v) is 8.39. The molecule has 0 aromatic heterocycles. The molecule has 0 fully saturated rings. The highest BCUT2D eigenvalue weighted by molar-refractivity contribution is 5.37. The number of hydrogen-bond donors (Lipinski definition) is 2. The predicted molar refractivity (Wildman–Crippen MR) is 97.6 cm³/mol. The minimum absolute atomic E-state index is 0.578. The molecule has 3 aromatic carbocycles. The molecule has 2 nitrogen and oxygen atoms in total. The molecule has 0 radical (unpaired) electrons. The quantitative estimate of drug-likeness (QED) is 0.720. The Hall–Kier alpha value is -2.42. The summed E-state index contributed by atoms with van der Waals surface area (Å²) in [5, 5.41) is 13.7. The summed E-state index contributed by atoms with van der Waals surface area (Å²) in [5.74, 6) is 0. The zero-order chi connectivity index (χ0) is 16.8. The lowest BCUT2D eigenvalue weighted by Crippen LogP contribution is -2.86. The van der Waals surface area contributed by atoms with Crippen molar-refractivity contribution in [3.63, 3.8) is 0 Å². The molecule has 122 valence electrons. The molecule has 0 unspecified atom stereocenters. The molecule has 24 heavy (non-hydrogen) atoms. The van der Waals surface area contributed by atoms with Crippen molar-refractivity contribution in [3.8, 4) is 0 Å². The van der Waals surface area contributed by atoms with Crippen LogP contribution in [0.1, 0.15) is 22.3 Å². The van der Waals surface area contributed by atoms with Crippen LogP contribution in [0.5, 0.6) is 0 Å². The molecule has 3 aromatic rings. The summed E-state index contributed by atoms with van der Waals surface area (Å²) in [7, 11) is 0. The smallest absolute Gasteiger partial charge is 0.163 e. The van der Waals surface area contributed by atoms with Gasteiger partial charge in [0.2, 0.25) is 0 Å². The van der Waals surface area contributed by atoms with E-state index in [4.69, 9.17) is 0 Å². The van der Waals surface area contributed by atoms with Crippen LogP contribution in [-0.4, -0.2) is 11.7 Å². The van der Waals surface area contributed by atoms with Crippen molar-refractivity contribution >= 4 is 0 Å². The second kappa shape index (κ2) is 7.43. The van der Waals surface area contributed by atoms with E-state index in [1.807, 2.05) is 60.7 Å². The fourth-order valence-electron chi connectivity index (χ4n) is 3.01. The topological polar surface area (TPSA) is 36.8 Å². The zero-order valence-corrected chi connectivity index (χ0v) is 14.0. The molecule has 0 saturated heterocycles. The van der Waals surface area contributed by atoms with Crippen molar-refractivity contribution in [1.82, 2.24) is 0 Å². The standard InChI is InChI=1S/C22H23NO/c1-18-12-14-21(15-13-18)22(24,20-10-6-3-7-11-20)17-23-16-19-8-4-2-5-9-19/h2-15,23-24H,16-17H2,1H3/p+1/t22-/m1/s1. The van der Waals surface area contributed by atoms with Gasteiger partial charge in [0.25, 0.3) is 0 Å². The average molecular weight is 318 g/mol. The molecule has 2 heteroatoms. The summed E-state index contributed by atoms with van der Waals surface area (Å²) in [6, 6.07) is 28.4. The Kier molecular flexibility index (Phi) is 5.09. The molecule has 0 aliphatic heterocycles. The number of benzene rings is 3. The van der Waals surface area contributed by atoms with Crippen molar-refractivity contribution in [3.05, 3.63) is 107 Å². The van der Waals surface area contributed by atoms with Gasteiger partial charge >= 0.3 is 0 Å². The van der Waals surface area contributed by atoms with E-state index >= 15 is 0 Å². The van der Waals surface area contributed by atoms with Crippen molar-refractivity contribution in [1.29, 1.82) is 0 Å². The molecule has 0 saturated carbocycles. The molecular weight excluding hydrogens is 294 g/mol. The van der Waals surface area contributed by atoms with E-state index in [0.717, 1.165) is 17.7 Å². The van der Waals surface area contributed by atoms with Crippen molar-refractivity contribution in [2.75, 3.05) is 6.54 Å². The van der Waals surface area contributed by atoms with Gasteiger partial charge in [-0.3, -0.25) is 0 Å². The Bertz CT molecular complexity index is 753. The number of rotatable bonds is 6. The maximum atomic E-state index is 11.5. The Labute approximate surface area is 143 Å². The molecular formula is C22H24NO+. The lowest BCUT2D eigenvalue weighted by Gasteiger charge is -2.28. The highest BCUT2D eigenvalue weighted by Gasteiger charge is 2.33. The van der Waals surface area contributed by atoms with Gasteiger partial charge < -0.3 is 10.4 Å². The van der Waals surface area contributed by atoms with Crippen LogP contribution in [0, 0.1) is 6.92 Å². The Balaban J connectivity index is 1.83. The number of aryl methyl sites for hydroxylation is 1. The summed E-state index contributed by atoms with van der Waals surface area (Å²) < 4.78 is 0. The Morgan fingerprint density at radius 3 is 1.92 bits per heavy atom. The lowest BCUT2D eigenvalue weighted by molar-refractivity contribution is -0.682. The zero-order valence-electron chi connectivity index (χ0n) is 14.0. The first kappa shape index (κ1) is 16.4. The monoisotopic (exact) mass is 318 g/mol. The van der Waals surface area contributed by atoms with E-state index in [2.05, 4.69) is 36.5 Å². The van der Waals surface area contributed by atoms with E-state index in [0.29, 0.717) is 6.54 Å². The molecule has 0 aliphatic rings. The largest absolute Gasteiger partial charge is 0.375 e. The summed E-state index contributed by atoms with van der Waals surface area (Å²) in [5.41, 5.74) is 3.32. The first-order chi connectivity index (χ1) is 11.7. The number of quaternary nitrogens is 1. The van der Waals surface area contributed by atoms with Gasteiger partial charge in [-0.15, -0.1) is 0 Å². The third-order valence-electron chi connectivity index (χ3n) is 4.44. The minimum Gasteiger partial charge on any atom is -0.375 e. The van der Waals surface area contributed by atoms with Crippen molar-refractivity contribution < 1.29 is 10.4 Å². The summed E-state index contributed by atoms with van der Waals surface area (Å²) in [4.78, 5) is 0. The summed E-state index contributed by atoms with van der Waals surface area (Å²) >= 11 is 0. The molecule has 1 atom stereocenters. The van der Waals surface area contributed by atoms with Crippen LogP contribution in [-0.2, 0) is 12.1 Å². The van der Waals surface area contributed by atoms with Crippen LogP contribution >= 0.6 is 0 Å². The molecule has 3 N–H and O–H groups in total. The molecule has 0 bridgehead atoms. The highest BCUT2D eigenvalue weighted by Crippen LogP contribution is 2.28. The summed E-state index contributed by atoms with van der Waals surface area (Å²) in [6.45, 7) is 3.49. The fraction of sp³-hybridized carbons (Fsp3) is 0.182. The fourth-order valence-corrected chi connectivity index (χ4v) is 3.01. The maximum absolute atomic E-state index is 11.5. The highest BCUT2D eigenvalue weighted by atomic mass is 16.3. The van der Waals surface area contributed by atoms with E-state index < -0.39 is 5.60 Å². The molecule has 0 spiro atoms. The number of aliphatic hydroxyl groups is 1. The van der Waals surface area contributed by atoms with Gasteiger partial charge in [-0.2, -0.15) is 0 Å². The van der Waals surface area contributed by atoms with Crippen LogP contribution in [0.4, 0.5) is 0 Å². The molecule has 0 aliphatic carbocycles. The minimum atomic E-state index is -0.996.